The Labute approximate surface area is 228 Å². The lowest BCUT2D eigenvalue weighted by atomic mass is 9.82. The van der Waals surface area contributed by atoms with Crippen molar-refractivity contribution in [1.29, 1.82) is 0 Å². The van der Waals surface area contributed by atoms with Gasteiger partial charge < -0.3 is 20.5 Å². The van der Waals surface area contributed by atoms with Gasteiger partial charge >= 0.3 is 6.18 Å². The highest BCUT2D eigenvalue weighted by Gasteiger charge is 2.41. The molecule has 1 amide bonds. The molecule has 212 valence electrons. The Morgan fingerprint density at radius 3 is 2.58 bits per heavy atom. The number of hydrogen-bond acceptors (Lipinski definition) is 7. The molecule has 1 fully saturated rings. The normalized spacial score (nSPS) is 20.0. The molecule has 0 unspecified atom stereocenters. The van der Waals surface area contributed by atoms with E-state index in [1.165, 1.54) is 31.9 Å². The molecule has 40 heavy (non-hydrogen) atoms. The molecule has 0 radical (unpaired) electrons. The lowest BCUT2D eigenvalue weighted by Crippen LogP contribution is -2.40. The number of amides is 1. The third kappa shape index (κ3) is 5.92. The van der Waals surface area contributed by atoms with Crippen LogP contribution in [0.1, 0.15) is 54.3 Å². The number of aliphatic hydroxyl groups is 1. The molecular weight excluding hydrogens is 530 g/mol. The first-order chi connectivity index (χ1) is 18.9. The zero-order valence-corrected chi connectivity index (χ0v) is 22.0. The van der Waals surface area contributed by atoms with E-state index in [9.17, 15) is 27.5 Å². The van der Waals surface area contributed by atoms with Gasteiger partial charge in [-0.2, -0.15) is 13.2 Å². The maximum absolute atomic E-state index is 13.7. The molecule has 1 aliphatic heterocycles. The van der Waals surface area contributed by atoms with Gasteiger partial charge in [-0.15, -0.1) is 0 Å². The van der Waals surface area contributed by atoms with Crippen molar-refractivity contribution in [2.24, 2.45) is 5.92 Å². The predicted octanol–water partition coefficient (Wildman–Crippen LogP) is 3.98. The third-order valence-electron chi connectivity index (χ3n) is 7.21. The van der Waals surface area contributed by atoms with E-state index < -0.39 is 40.4 Å². The van der Waals surface area contributed by atoms with E-state index in [-0.39, 0.29) is 12.2 Å². The van der Waals surface area contributed by atoms with E-state index in [4.69, 9.17) is 4.74 Å². The van der Waals surface area contributed by atoms with Crippen LogP contribution in [0, 0.1) is 11.7 Å². The summed E-state index contributed by atoms with van der Waals surface area (Å²) >= 11 is 0. The summed E-state index contributed by atoms with van der Waals surface area (Å²) in [6.07, 6.45) is -1.55. The number of hydrogen-bond donors (Lipinski definition) is 3. The molecule has 3 N–H and O–H groups in total. The van der Waals surface area contributed by atoms with Crippen LogP contribution in [0.5, 0.6) is 5.75 Å². The second-order valence-corrected chi connectivity index (χ2v) is 10.9. The molecule has 0 spiro atoms. The van der Waals surface area contributed by atoms with E-state index in [1.807, 2.05) is 6.92 Å². The van der Waals surface area contributed by atoms with Gasteiger partial charge in [-0.25, -0.2) is 19.3 Å². The van der Waals surface area contributed by atoms with Crippen molar-refractivity contribution < 1.29 is 32.2 Å². The second kappa shape index (κ2) is 10.4. The van der Waals surface area contributed by atoms with Gasteiger partial charge in [-0.05, 0) is 68.6 Å². The van der Waals surface area contributed by atoms with E-state index in [0.717, 1.165) is 24.4 Å². The number of carbonyl (C=O) groups is 1. The monoisotopic (exact) mass is 559 g/mol. The SMILES string of the molecule is C[C@]1(CNCC2CC2)COc2c1cc([C@@](C)(O)CNC(=O)c1ccnc(C(F)(F)F)n1)nc2-c1ccc(F)cc1. The molecule has 12 heteroatoms. The Hall–Kier alpha value is -3.64. The van der Waals surface area contributed by atoms with Crippen molar-refractivity contribution in [1.82, 2.24) is 25.6 Å². The van der Waals surface area contributed by atoms with Crippen molar-refractivity contribution in [2.75, 3.05) is 26.2 Å². The number of carbonyl (C=O) groups excluding carboxylic acids is 1. The number of alkyl halides is 3. The van der Waals surface area contributed by atoms with Crippen molar-refractivity contribution in [3.8, 4) is 17.0 Å². The largest absolute Gasteiger partial charge is 0.490 e. The number of aromatic nitrogens is 3. The fourth-order valence-electron chi connectivity index (χ4n) is 4.59. The highest BCUT2D eigenvalue weighted by atomic mass is 19.4. The van der Waals surface area contributed by atoms with Crippen LogP contribution in [0.4, 0.5) is 17.6 Å². The summed E-state index contributed by atoms with van der Waals surface area (Å²) < 4.78 is 58.7. The molecule has 5 rings (SSSR count). The quantitative estimate of drug-likeness (QED) is 0.340. The third-order valence-corrected chi connectivity index (χ3v) is 7.21. The Bertz CT molecular complexity index is 1410. The lowest BCUT2D eigenvalue weighted by molar-refractivity contribution is -0.145. The number of fused-ring (bicyclic) bond motifs is 1. The van der Waals surface area contributed by atoms with E-state index in [0.29, 0.717) is 36.1 Å². The van der Waals surface area contributed by atoms with Crippen LogP contribution in [0.25, 0.3) is 11.3 Å². The minimum atomic E-state index is -4.81. The fraction of sp³-hybridized carbons (Fsp3) is 0.429. The maximum atomic E-state index is 13.7. The second-order valence-electron chi connectivity index (χ2n) is 10.9. The first-order valence-corrected chi connectivity index (χ1v) is 12.9. The highest BCUT2D eigenvalue weighted by molar-refractivity contribution is 5.92. The summed E-state index contributed by atoms with van der Waals surface area (Å²) in [5.74, 6) is -1.55. The molecule has 0 saturated heterocycles. The van der Waals surface area contributed by atoms with Gasteiger partial charge in [0, 0.05) is 29.3 Å². The van der Waals surface area contributed by atoms with Crippen molar-refractivity contribution in [3.63, 3.8) is 0 Å². The van der Waals surface area contributed by atoms with E-state index in [2.05, 4.69) is 25.6 Å². The average molecular weight is 560 g/mol. The van der Waals surface area contributed by atoms with Crippen LogP contribution >= 0.6 is 0 Å². The molecule has 1 saturated carbocycles. The van der Waals surface area contributed by atoms with Gasteiger partial charge in [-0.3, -0.25) is 4.79 Å². The molecule has 0 bridgehead atoms. The van der Waals surface area contributed by atoms with Gasteiger partial charge in [0.1, 0.15) is 28.6 Å². The predicted molar refractivity (Wildman–Crippen MR) is 137 cm³/mol. The van der Waals surface area contributed by atoms with Gasteiger partial charge in [0.15, 0.2) is 0 Å². The van der Waals surface area contributed by atoms with Gasteiger partial charge in [0.05, 0.1) is 18.8 Å². The summed E-state index contributed by atoms with van der Waals surface area (Å²) in [5, 5.41) is 17.4. The number of halogens is 4. The van der Waals surface area contributed by atoms with Crippen LogP contribution in [0.3, 0.4) is 0 Å². The molecule has 1 aliphatic carbocycles. The molecule has 3 aromatic rings. The summed E-state index contributed by atoms with van der Waals surface area (Å²) in [6.45, 7) is 5.00. The molecule has 8 nitrogen and oxygen atoms in total. The molecule has 1 aromatic carbocycles. The summed E-state index contributed by atoms with van der Waals surface area (Å²) in [6, 6.07) is 8.52. The Morgan fingerprint density at radius 1 is 1.18 bits per heavy atom. The molecular formula is C28H29F4N5O3. The molecule has 2 atom stereocenters. The lowest BCUT2D eigenvalue weighted by Gasteiger charge is -2.27. The number of benzene rings is 1. The number of pyridine rings is 1. The van der Waals surface area contributed by atoms with Crippen LogP contribution in [-0.2, 0) is 17.2 Å². The van der Waals surface area contributed by atoms with Crippen molar-refractivity contribution in [3.05, 3.63) is 71.2 Å². The number of ether oxygens (including phenoxy) is 1. The molecule has 2 aliphatic rings. The smallest absolute Gasteiger partial charge is 0.451 e. The van der Waals surface area contributed by atoms with Crippen molar-refractivity contribution in [2.45, 2.75) is 43.9 Å². The maximum Gasteiger partial charge on any atom is 0.451 e. The first kappa shape index (κ1) is 27.9. The summed E-state index contributed by atoms with van der Waals surface area (Å²) in [7, 11) is 0. The van der Waals surface area contributed by atoms with Crippen LogP contribution in [0.2, 0.25) is 0 Å². The molecule has 2 aromatic heterocycles. The average Bonchev–Trinajstić information content (AvgIpc) is 3.68. The first-order valence-electron chi connectivity index (χ1n) is 12.9. The molecule has 3 heterocycles. The number of rotatable bonds is 9. The van der Waals surface area contributed by atoms with Gasteiger partial charge in [0.25, 0.3) is 5.91 Å². The topological polar surface area (TPSA) is 109 Å². The highest BCUT2D eigenvalue weighted by Crippen LogP contribution is 2.45. The number of nitrogens with one attached hydrogen (secondary N) is 2. The summed E-state index contributed by atoms with van der Waals surface area (Å²) in [4.78, 5) is 23.7. The zero-order valence-electron chi connectivity index (χ0n) is 22.0. The van der Waals surface area contributed by atoms with E-state index in [1.54, 1.807) is 18.2 Å². The van der Waals surface area contributed by atoms with Gasteiger partial charge in [-0.1, -0.05) is 6.92 Å². The Morgan fingerprint density at radius 2 is 1.90 bits per heavy atom. The van der Waals surface area contributed by atoms with Crippen LogP contribution < -0.4 is 15.4 Å². The number of nitrogens with zero attached hydrogens (tertiary/aromatic N) is 3. The van der Waals surface area contributed by atoms with Gasteiger partial charge in [0.2, 0.25) is 5.82 Å². The van der Waals surface area contributed by atoms with Crippen LogP contribution in [-0.4, -0.2) is 52.2 Å². The standard InChI is InChI=1S/C28H29F4N5O3/c1-26(13-33-12-16-3-4-16)15-40-23-19(26)11-21(37-22(23)17-5-7-18(29)8-6-17)27(2,39)14-35-24(38)20-9-10-34-25(36-20)28(30,31)32/h5-11,16,33,39H,3-4,12-15H2,1-2H3,(H,35,38)/t26-,27-/m0/s1. The fourth-order valence-corrected chi connectivity index (χ4v) is 4.59. The minimum absolute atomic E-state index is 0.212. The minimum Gasteiger partial charge on any atom is -0.490 e. The summed E-state index contributed by atoms with van der Waals surface area (Å²) in [5.41, 5.74) is -0.670. The van der Waals surface area contributed by atoms with Crippen molar-refractivity contribution >= 4 is 5.91 Å². The zero-order chi connectivity index (χ0) is 28.7. The Kier molecular flexibility index (Phi) is 7.26. The van der Waals surface area contributed by atoms with E-state index >= 15 is 0 Å². The van der Waals surface area contributed by atoms with Crippen LogP contribution in [0.15, 0.2) is 42.6 Å². The Balaban J connectivity index is 1.44.